The molecule has 88 valence electrons. The molecule has 3 heteroatoms. The topological polar surface area (TPSA) is 37.4 Å². The number of benzene rings is 1. The Balaban J connectivity index is 2.08. The van der Waals surface area contributed by atoms with Crippen molar-refractivity contribution in [3.8, 4) is 0 Å². The minimum atomic E-state index is -0.400. The van der Waals surface area contributed by atoms with Crippen LogP contribution >= 0.6 is 0 Å². The van der Waals surface area contributed by atoms with E-state index in [1.54, 1.807) is 0 Å². The van der Waals surface area contributed by atoms with E-state index in [0.29, 0.717) is 5.56 Å². The van der Waals surface area contributed by atoms with Gasteiger partial charge in [0.2, 0.25) is 5.91 Å². The standard InChI is InChI=1S/C14H15NO2/c1-14(2)8-10-7-9-5-3-4-6-11(9)12(16)15(10)13(14)17/h3-6,10H,7-8H2,1-2H3. The second-order valence-corrected chi connectivity index (χ2v) is 5.58. The predicted molar refractivity (Wildman–Crippen MR) is 63.5 cm³/mol. The average Bonchev–Trinajstić information content (AvgIpc) is 2.50. The SMILES string of the molecule is CC1(C)CC2Cc3ccccc3C(=O)N2C1=O. The van der Waals surface area contributed by atoms with Gasteiger partial charge < -0.3 is 0 Å². The van der Waals surface area contributed by atoms with E-state index >= 15 is 0 Å². The normalized spacial score (nSPS) is 25.8. The van der Waals surface area contributed by atoms with Crippen molar-refractivity contribution in [2.24, 2.45) is 5.41 Å². The number of carbonyl (C=O) groups excluding carboxylic acids is 2. The number of hydrogen-bond donors (Lipinski definition) is 0. The van der Waals surface area contributed by atoms with E-state index in [1.807, 2.05) is 38.1 Å². The minimum Gasteiger partial charge on any atom is -0.275 e. The van der Waals surface area contributed by atoms with Crippen LogP contribution in [0.15, 0.2) is 24.3 Å². The second kappa shape index (κ2) is 3.19. The molecule has 0 bridgehead atoms. The Hall–Kier alpha value is -1.64. The fraction of sp³-hybridized carbons (Fsp3) is 0.429. The van der Waals surface area contributed by atoms with Crippen LogP contribution in [0.5, 0.6) is 0 Å². The first kappa shape index (κ1) is 10.5. The summed E-state index contributed by atoms with van der Waals surface area (Å²) in [5.74, 6) is -0.144. The number of fused-ring (bicyclic) bond motifs is 2. The van der Waals surface area contributed by atoms with E-state index in [9.17, 15) is 9.59 Å². The highest BCUT2D eigenvalue weighted by atomic mass is 16.2. The van der Waals surface area contributed by atoms with E-state index in [1.165, 1.54) is 4.90 Å². The van der Waals surface area contributed by atoms with Crippen LogP contribution in [0, 0.1) is 5.41 Å². The lowest BCUT2D eigenvalue weighted by Gasteiger charge is -2.29. The zero-order valence-corrected chi connectivity index (χ0v) is 10.1. The summed E-state index contributed by atoms with van der Waals surface area (Å²) in [6, 6.07) is 7.65. The van der Waals surface area contributed by atoms with Crippen molar-refractivity contribution in [1.82, 2.24) is 4.90 Å². The Kier molecular flexibility index (Phi) is 1.97. The van der Waals surface area contributed by atoms with Crippen LogP contribution in [-0.2, 0) is 11.2 Å². The zero-order chi connectivity index (χ0) is 12.2. The molecule has 2 amide bonds. The van der Waals surface area contributed by atoms with Crippen LogP contribution < -0.4 is 0 Å². The second-order valence-electron chi connectivity index (χ2n) is 5.58. The van der Waals surface area contributed by atoms with Crippen LogP contribution in [0.25, 0.3) is 0 Å². The van der Waals surface area contributed by atoms with Gasteiger partial charge in [0.05, 0.1) is 0 Å². The van der Waals surface area contributed by atoms with Crippen molar-refractivity contribution in [1.29, 1.82) is 0 Å². The Bertz CT molecular complexity index is 519. The molecule has 0 radical (unpaired) electrons. The zero-order valence-electron chi connectivity index (χ0n) is 10.1. The van der Waals surface area contributed by atoms with E-state index in [-0.39, 0.29) is 17.9 Å². The van der Waals surface area contributed by atoms with E-state index in [0.717, 1.165) is 18.4 Å². The number of hydrogen-bond acceptors (Lipinski definition) is 2. The maximum Gasteiger partial charge on any atom is 0.261 e. The summed E-state index contributed by atoms with van der Waals surface area (Å²) in [4.78, 5) is 26.0. The van der Waals surface area contributed by atoms with Crippen molar-refractivity contribution in [2.45, 2.75) is 32.7 Å². The molecule has 1 atom stereocenters. The maximum atomic E-state index is 12.3. The molecule has 1 fully saturated rings. The lowest BCUT2D eigenvalue weighted by atomic mass is 9.87. The molecule has 1 aromatic rings. The van der Waals surface area contributed by atoms with Gasteiger partial charge in [0.15, 0.2) is 0 Å². The minimum absolute atomic E-state index is 0.0259. The average molecular weight is 229 g/mol. The molecule has 2 aliphatic rings. The molecule has 3 nitrogen and oxygen atoms in total. The van der Waals surface area contributed by atoms with Crippen LogP contribution in [0.4, 0.5) is 0 Å². The van der Waals surface area contributed by atoms with Crippen molar-refractivity contribution in [3.63, 3.8) is 0 Å². The van der Waals surface area contributed by atoms with Crippen LogP contribution in [0.3, 0.4) is 0 Å². The molecule has 3 rings (SSSR count). The van der Waals surface area contributed by atoms with Gasteiger partial charge in [0.25, 0.3) is 5.91 Å². The van der Waals surface area contributed by atoms with Gasteiger partial charge in [-0.15, -0.1) is 0 Å². The summed E-state index contributed by atoms with van der Waals surface area (Å²) in [7, 11) is 0. The highest BCUT2D eigenvalue weighted by Gasteiger charge is 2.50. The first-order chi connectivity index (χ1) is 8.00. The van der Waals surface area contributed by atoms with Gasteiger partial charge >= 0.3 is 0 Å². The Morgan fingerprint density at radius 2 is 1.94 bits per heavy atom. The lowest BCUT2D eigenvalue weighted by Crippen LogP contribution is -2.44. The van der Waals surface area contributed by atoms with Gasteiger partial charge in [-0.25, -0.2) is 0 Å². The first-order valence-corrected chi connectivity index (χ1v) is 5.96. The molecule has 17 heavy (non-hydrogen) atoms. The highest BCUT2D eigenvalue weighted by molar-refractivity contribution is 6.09. The fourth-order valence-corrected chi connectivity index (χ4v) is 2.97. The fourth-order valence-electron chi connectivity index (χ4n) is 2.97. The molecule has 1 saturated heterocycles. The molecule has 0 spiro atoms. The third kappa shape index (κ3) is 1.35. The summed E-state index contributed by atoms with van der Waals surface area (Å²) in [6.45, 7) is 3.84. The summed E-state index contributed by atoms with van der Waals surface area (Å²) >= 11 is 0. The summed E-state index contributed by atoms with van der Waals surface area (Å²) < 4.78 is 0. The van der Waals surface area contributed by atoms with Crippen molar-refractivity contribution < 1.29 is 9.59 Å². The van der Waals surface area contributed by atoms with Crippen molar-refractivity contribution in [2.75, 3.05) is 0 Å². The third-order valence-electron chi connectivity index (χ3n) is 3.83. The van der Waals surface area contributed by atoms with Gasteiger partial charge in [-0.05, 0) is 24.5 Å². The number of imide groups is 1. The third-order valence-corrected chi connectivity index (χ3v) is 3.83. The van der Waals surface area contributed by atoms with Crippen LogP contribution in [-0.4, -0.2) is 22.8 Å². The van der Waals surface area contributed by atoms with Gasteiger partial charge in [-0.2, -0.15) is 0 Å². The molecule has 2 heterocycles. The largest absolute Gasteiger partial charge is 0.275 e. The van der Waals surface area contributed by atoms with Crippen LogP contribution in [0.1, 0.15) is 36.2 Å². The molecule has 0 aromatic heterocycles. The molecule has 1 unspecified atom stereocenters. The number of carbonyl (C=O) groups is 2. The molecular formula is C14H15NO2. The number of nitrogens with zero attached hydrogens (tertiary/aromatic N) is 1. The lowest BCUT2D eigenvalue weighted by molar-refractivity contribution is -0.133. The molecule has 2 aliphatic heterocycles. The monoisotopic (exact) mass is 229 g/mol. The molecule has 0 aliphatic carbocycles. The Morgan fingerprint density at radius 3 is 2.71 bits per heavy atom. The maximum absolute atomic E-state index is 12.3. The summed E-state index contributed by atoms with van der Waals surface area (Å²) in [5, 5.41) is 0. The first-order valence-electron chi connectivity index (χ1n) is 5.96. The molecule has 0 saturated carbocycles. The van der Waals surface area contributed by atoms with Gasteiger partial charge in [0, 0.05) is 17.0 Å². The summed E-state index contributed by atoms with van der Waals surface area (Å²) in [5.41, 5.74) is 1.36. The molecule has 0 N–H and O–H groups in total. The van der Waals surface area contributed by atoms with E-state index in [2.05, 4.69) is 0 Å². The van der Waals surface area contributed by atoms with Gasteiger partial charge in [0.1, 0.15) is 0 Å². The predicted octanol–water partition coefficient (Wildman–Crippen LogP) is 2.01. The quantitative estimate of drug-likeness (QED) is 0.638. The van der Waals surface area contributed by atoms with Crippen molar-refractivity contribution >= 4 is 11.8 Å². The number of amides is 2. The van der Waals surface area contributed by atoms with Gasteiger partial charge in [-0.1, -0.05) is 32.0 Å². The van der Waals surface area contributed by atoms with Crippen LogP contribution in [0.2, 0.25) is 0 Å². The highest BCUT2D eigenvalue weighted by Crippen LogP contribution is 2.40. The number of rotatable bonds is 0. The molecular weight excluding hydrogens is 214 g/mol. The van der Waals surface area contributed by atoms with Gasteiger partial charge in [-0.3, -0.25) is 14.5 Å². The summed E-state index contributed by atoms with van der Waals surface area (Å²) in [6.07, 6.45) is 1.57. The Labute approximate surface area is 100 Å². The molecule has 1 aromatic carbocycles. The van der Waals surface area contributed by atoms with E-state index in [4.69, 9.17) is 0 Å². The van der Waals surface area contributed by atoms with Crippen molar-refractivity contribution in [3.05, 3.63) is 35.4 Å². The Morgan fingerprint density at radius 1 is 1.24 bits per heavy atom. The smallest absolute Gasteiger partial charge is 0.261 e. The van der Waals surface area contributed by atoms with E-state index < -0.39 is 5.41 Å².